The van der Waals surface area contributed by atoms with Gasteiger partial charge in [0.05, 0.1) is 0 Å². The molecule has 0 N–H and O–H groups in total. The molecule has 0 aromatic carbocycles. The molecule has 0 fully saturated rings. The molecular weight excluding hydrogens is 769 g/mol. The van der Waals surface area contributed by atoms with E-state index in [1.54, 1.807) is 11.1 Å². The third kappa shape index (κ3) is 12.2. The van der Waals surface area contributed by atoms with E-state index in [0.29, 0.717) is 0 Å². The lowest BCUT2D eigenvalue weighted by atomic mass is 10.0. The molecule has 0 aliphatic carbocycles. The minimum absolute atomic E-state index is 1.20. The average Bonchev–Trinajstić information content (AvgIpc) is 4.02. The molecule has 0 aliphatic heterocycles. The van der Waals surface area contributed by atoms with Crippen molar-refractivity contribution < 1.29 is 0 Å². The highest BCUT2D eigenvalue weighted by molar-refractivity contribution is 7.34. The van der Waals surface area contributed by atoms with E-state index >= 15 is 0 Å². The summed E-state index contributed by atoms with van der Waals surface area (Å²) < 4.78 is 2.89. The second-order valence-electron chi connectivity index (χ2n) is 15.6. The Bertz CT molecular complexity index is 1780. The van der Waals surface area contributed by atoms with Crippen molar-refractivity contribution in [2.24, 2.45) is 0 Å². The Balaban J connectivity index is 1.09. The molecular formula is C48H64S6. The molecule has 6 aromatic rings. The van der Waals surface area contributed by atoms with Gasteiger partial charge in [0, 0.05) is 58.2 Å². The predicted octanol–water partition coefficient (Wildman–Crippen LogP) is 19.4. The molecule has 0 aliphatic rings. The zero-order valence-corrected chi connectivity index (χ0v) is 38.5. The SMILES string of the molecule is CCCCCCCCCCCCc1cc(-c2cc3sc(-c4cc(CCCCCCCCCCCC)c(-c5ccc(C)s5)s4)cc3s2)sc1-c1ccc(C)s1. The van der Waals surface area contributed by atoms with Crippen LogP contribution in [0.5, 0.6) is 0 Å². The van der Waals surface area contributed by atoms with Crippen LogP contribution in [0.1, 0.15) is 163 Å². The van der Waals surface area contributed by atoms with Gasteiger partial charge in [0.25, 0.3) is 0 Å². The summed E-state index contributed by atoms with van der Waals surface area (Å²) in [6.07, 6.45) is 30.3. The molecule has 292 valence electrons. The number of thiophene rings is 6. The minimum atomic E-state index is 1.20. The monoisotopic (exact) mass is 832 g/mol. The average molecular weight is 833 g/mol. The Morgan fingerprint density at radius 3 is 1.00 bits per heavy atom. The molecule has 0 nitrogen and oxygen atoms in total. The molecule has 0 spiro atoms. The second-order valence-corrected chi connectivity index (χ2v) is 22.4. The molecule has 0 unspecified atom stereocenters. The maximum atomic E-state index is 2.55. The fraction of sp³-hybridized carbons (Fsp3) is 0.542. The first-order chi connectivity index (χ1) is 26.5. The summed E-state index contributed by atoms with van der Waals surface area (Å²) in [5.41, 5.74) is 3.14. The molecule has 0 atom stereocenters. The van der Waals surface area contributed by atoms with Crippen LogP contribution in [0.15, 0.2) is 48.5 Å². The van der Waals surface area contributed by atoms with Crippen molar-refractivity contribution in [3.63, 3.8) is 0 Å². The summed E-state index contributed by atoms with van der Waals surface area (Å²) in [5.74, 6) is 0. The number of hydrogen-bond acceptors (Lipinski definition) is 6. The maximum absolute atomic E-state index is 2.55. The Morgan fingerprint density at radius 2 is 0.667 bits per heavy atom. The summed E-state index contributed by atoms with van der Waals surface area (Å²) >= 11 is 12.0. The van der Waals surface area contributed by atoms with E-state index in [9.17, 15) is 0 Å². The Hall–Kier alpha value is -1.54. The van der Waals surface area contributed by atoms with Gasteiger partial charge in [-0.2, -0.15) is 0 Å². The molecule has 0 amide bonds. The standard InChI is InChI=1S/C48H64S6/c1-5-7-9-11-13-15-17-19-21-23-25-37-31-41(53-47(37)39-29-27-35(3)49-39)43-33-45-46(51-43)34-44(52-45)42-32-38(48(54-42)40-30-28-36(4)50-40)26-24-22-20-18-16-14-12-10-8-6-2/h27-34H,5-26H2,1-4H3. The van der Waals surface area contributed by atoms with E-state index in [1.165, 1.54) is 199 Å². The summed E-state index contributed by atoms with van der Waals surface area (Å²) in [7, 11) is 0. The van der Waals surface area contributed by atoms with E-state index in [-0.39, 0.29) is 0 Å². The van der Waals surface area contributed by atoms with Crippen molar-refractivity contribution in [1.29, 1.82) is 0 Å². The molecule has 6 heterocycles. The predicted molar refractivity (Wildman–Crippen MR) is 254 cm³/mol. The van der Waals surface area contributed by atoms with E-state index < -0.39 is 0 Å². The van der Waals surface area contributed by atoms with Crippen molar-refractivity contribution in [3.05, 3.63) is 69.4 Å². The summed E-state index contributed by atoms with van der Waals surface area (Å²) in [4.78, 5) is 14.6. The first kappa shape index (κ1) is 42.1. The van der Waals surface area contributed by atoms with Gasteiger partial charge in [-0.1, -0.05) is 129 Å². The molecule has 54 heavy (non-hydrogen) atoms. The van der Waals surface area contributed by atoms with Gasteiger partial charge in [-0.05, 0) is 99.2 Å². The highest BCUT2D eigenvalue weighted by Gasteiger charge is 2.19. The number of hydrogen-bond donors (Lipinski definition) is 0. The van der Waals surface area contributed by atoms with E-state index in [0.717, 1.165) is 0 Å². The third-order valence-electron chi connectivity index (χ3n) is 10.8. The van der Waals surface area contributed by atoms with Gasteiger partial charge >= 0.3 is 0 Å². The van der Waals surface area contributed by atoms with Crippen LogP contribution in [-0.4, -0.2) is 0 Å². The fourth-order valence-corrected chi connectivity index (χ4v) is 14.7. The van der Waals surface area contributed by atoms with Crippen LogP contribution in [-0.2, 0) is 12.8 Å². The summed E-state index contributed by atoms with van der Waals surface area (Å²) in [6.45, 7) is 9.10. The van der Waals surface area contributed by atoms with Crippen LogP contribution in [0.3, 0.4) is 0 Å². The van der Waals surface area contributed by atoms with Gasteiger partial charge in [-0.3, -0.25) is 0 Å². The fourth-order valence-electron chi connectivity index (χ4n) is 7.69. The van der Waals surface area contributed by atoms with Gasteiger partial charge < -0.3 is 0 Å². The normalized spacial score (nSPS) is 11.9. The lowest BCUT2D eigenvalue weighted by Gasteiger charge is -2.04. The maximum Gasteiger partial charge on any atom is 0.0481 e. The Morgan fingerprint density at radius 1 is 0.333 bits per heavy atom. The van der Waals surface area contributed by atoms with Crippen molar-refractivity contribution in [2.75, 3.05) is 0 Å². The van der Waals surface area contributed by atoms with E-state index in [1.807, 2.05) is 68.0 Å². The molecule has 0 saturated heterocycles. The quantitative estimate of drug-likeness (QED) is 0.0478. The van der Waals surface area contributed by atoms with E-state index in [4.69, 9.17) is 0 Å². The molecule has 0 bridgehead atoms. The molecule has 6 rings (SSSR count). The van der Waals surface area contributed by atoms with Crippen LogP contribution in [0.2, 0.25) is 0 Å². The number of rotatable bonds is 26. The molecule has 0 saturated carbocycles. The smallest absolute Gasteiger partial charge is 0.0481 e. The van der Waals surface area contributed by atoms with E-state index in [2.05, 4.69) is 76.2 Å². The minimum Gasteiger partial charge on any atom is -0.140 e. The highest BCUT2D eigenvalue weighted by Crippen LogP contribution is 2.49. The van der Waals surface area contributed by atoms with Crippen LogP contribution in [0, 0.1) is 13.8 Å². The van der Waals surface area contributed by atoms with Gasteiger partial charge in [0.2, 0.25) is 0 Å². The zero-order valence-electron chi connectivity index (χ0n) is 33.6. The topological polar surface area (TPSA) is 0 Å². The van der Waals surface area contributed by atoms with Gasteiger partial charge in [-0.15, -0.1) is 68.0 Å². The van der Waals surface area contributed by atoms with Crippen molar-refractivity contribution in [3.8, 4) is 39.0 Å². The molecule has 0 radical (unpaired) electrons. The highest BCUT2D eigenvalue weighted by atomic mass is 32.1. The number of aryl methyl sites for hydroxylation is 4. The number of fused-ring (bicyclic) bond motifs is 1. The largest absolute Gasteiger partial charge is 0.140 e. The number of unbranched alkanes of at least 4 members (excludes halogenated alkanes) is 18. The molecule has 6 heteroatoms. The lowest BCUT2D eigenvalue weighted by Crippen LogP contribution is -1.86. The van der Waals surface area contributed by atoms with Crippen LogP contribution < -0.4 is 0 Å². The zero-order chi connectivity index (χ0) is 37.5. The Kier molecular flexibility index (Phi) is 17.5. The summed E-state index contributed by atoms with van der Waals surface area (Å²) in [5, 5.41) is 0. The molecule has 6 aromatic heterocycles. The summed E-state index contributed by atoms with van der Waals surface area (Å²) in [6, 6.07) is 19.4. The van der Waals surface area contributed by atoms with Crippen LogP contribution in [0.25, 0.3) is 48.4 Å². The third-order valence-corrected chi connectivity index (χ3v) is 18.2. The van der Waals surface area contributed by atoms with Crippen molar-refractivity contribution in [2.45, 2.75) is 169 Å². The van der Waals surface area contributed by atoms with Gasteiger partial charge in [-0.25, -0.2) is 0 Å². The van der Waals surface area contributed by atoms with Crippen molar-refractivity contribution in [1.82, 2.24) is 0 Å². The Labute approximate surface area is 352 Å². The van der Waals surface area contributed by atoms with Gasteiger partial charge in [0.1, 0.15) is 0 Å². The first-order valence-corrected chi connectivity index (χ1v) is 26.4. The van der Waals surface area contributed by atoms with Gasteiger partial charge in [0.15, 0.2) is 0 Å². The van der Waals surface area contributed by atoms with Crippen molar-refractivity contribution >= 4 is 77.4 Å². The van der Waals surface area contributed by atoms with Crippen LogP contribution >= 0.6 is 68.0 Å². The second kappa shape index (κ2) is 22.4. The first-order valence-electron chi connectivity index (χ1n) is 21.5. The lowest BCUT2D eigenvalue weighted by molar-refractivity contribution is 0.556. The van der Waals surface area contributed by atoms with Crippen LogP contribution in [0.4, 0.5) is 0 Å².